The lowest BCUT2D eigenvalue weighted by molar-refractivity contribution is -0.142. The van der Waals surface area contributed by atoms with Crippen molar-refractivity contribution in [1.82, 2.24) is 4.90 Å². The fourth-order valence-electron chi connectivity index (χ4n) is 2.82. The maximum atomic E-state index is 12.2. The van der Waals surface area contributed by atoms with Crippen LogP contribution in [0.1, 0.15) is 15.9 Å². The van der Waals surface area contributed by atoms with Gasteiger partial charge in [-0.15, -0.1) is 0 Å². The summed E-state index contributed by atoms with van der Waals surface area (Å²) in [7, 11) is 3.08. The van der Waals surface area contributed by atoms with E-state index in [4.69, 9.17) is 4.74 Å². The van der Waals surface area contributed by atoms with Crippen molar-refractivity contribution in [2.75, 3.05) is 31.3 Å². The molecule has 0 heterocycles. The third-order valence-electron chi connectivity index (χ3n) is 4.49. The average Bonchev–Trinajstić information content (AvgIpc) is 2.77. The van der Waals surface area contributed by atoms with E-state index in [1.54, 1.807) is 12.1 Å². The summed E-state index contributed by atoms with van der Waals surface area (Å²) in [6, 6.07) is 13.5. The highest BCUT2D eigenvalue weighted by Gasteiger charge is 2.24. The van der Waals surface area contributed by atoms with Gasteiger partial charge in [0.05, 0.1) is 11.3 Å². The SMILES string of the molecule is CN(C)C(=O)c1cccc(Nc2c(NCC(=O)OCc3ccccc3)c(=O)c2=O)c1O. The largest absolute Gasteiger partial charge is 0.505 e. The second-order valence-electron chi connectivity index (χ2n) is 6.93. The molecular weight excluding hydrogens is 402 g/mol. The molecule has 0 saturated carbocycles. The number of aromatic hydroxyl groups is 1. The van der Waals surface area contributed by atoms with Crippen LogP contribution in [0.5, 0.6) is 5.75 Å². The second kappa shape index (κ2) is 9.12. The van der Waals surface area contributed by atoms with E-state index in [0.29, 0.717) is 0 Å². The predicted molar refractivity (Wildman–Crippen MR) is 115 cm³/mol. The number of anilines is 3. The van der Waals surface area contributed by atoms with Crippen LogP contribution in [0, 0.1) is 0 Å². The van der Waals surface area contributed by atoms with Crippen LogP contribution < -0.4 is 21.5 Å². The molecule has 0 radical (unpaired) electrons. The van der Waals surface area contributed by atoms with Gasteiger partial charge in [-0.3, -0.25) is 19.2 Å². The van der Waals surface area contributed by atoms with Crippen LogP contribution in [0.3, 0.4) is 0 Å². The lowest BCUT2D eigenvalue weighted by atomic mass is 10.1. The Bertz CT molecular complexity index is 1180. The molecule has 160 valence electrons. The monoisotopic (exact) mass is 423 g/mol. The Labute approximate surface area is 177 Å². The molecule has 9 nitrogen and oxygen atoms in total. The average molecular weight is 423 g/mol. The molecular formula is C22H21N3O6. The molecule has 31 heavy (non-hydrogen) atoms. The molecule has 0 aliphatic rings. The molecule has 0 bridgehead atoms. The molecule has 3 N–H and O–H groups in total. The molecule has 3 rings (SSSR count). The van der Waals surface area contributed by atoms with Gasteiger partial charge in [0, 0.05) is 14.1 Å². The number of carbonyl (C=O) groups is 2. The van der Waals surface area contributed by atoms with Gasteiger partial charge in [-0.2, -0.15) is 0 Å². The summed E-state index contributed by atoms with van der Waals surface area (Å²) in [5.41, 5.74) is -0.865. The highest BCUT2D eigenvalue weighted by Crippen LogP contribution is 2.31. The highest BCUT2D eigenvalue weighted by molar-refractivity contribution is 5.99. The summed E-state index contributed by atoms with van der Waals surface area (Å²) in [5.74, 6) is -1.39. The fourth-order valence-corrected chi connectivity index (χ4v) is 2.82. The fraction of sp³-hybridized carbons (Fsp3) is 0.182. The number of hydrogen-bond donors (Lipinski definition) is 3. The van der Waals surface area contributed by atoms with Gasteiger partial charge in [0.15, 0.2) is 5.75 Å². The topological polar surface area (TPSA) is 125 Å². The molecule has 0 unspecified atom stereocenters. The number of esters is 1. The van der Waals surface area contributed by atoms with E-state index >= 15 is 0 Å². The van der Waals surface area contributed by atoms with Crippen LogP contribution in [0.2, 0.25) is 0 Å². The number of ether oxygens (including phenoxy) is 1. The highest BCUT2D eigenvalue weighted by atomic mass is 16.5. The van der Waals surface area contributed by atoms with Crippen molar-refractivity contribution in [2.24, 2.45) is 0 Å². The van der Waals surface area contributed by atoms with E-state index < -0.39 is 22.7 Å². The van der Waals surface area contributed by atoms with Crippen molar-refractivity contribution in [3.8, 4) is 5.75 Å². The van der Waals surface area contributed by atoms with Crippen LogP contribution >= 0.6 is 0 Å². The van der Waals surface area contributed by atoms with Gasteiger partial charge in [0.1, 0.15) is 24.5 Å². The number of para-hydroxylation sites is 1. The first kappa shape index (κ1) is 21.6. The maximum Gasteiger partial charge on any atom is 0.325 e. The summed E-state index contributed by atoms with van der Waals surface area (Å²) in [5, 5.41) is 15.7. The van der Waals surface area contributed by atoms with Gasteiger partial charge in [0.2, 0.25) is 0 Å². The molecule has 0 atom stereocenters. The van der Waals surface area contributed by atoms with Crippen LogP contribution in [0.4, 0.5) is 17.1 Å². The minimum Gasteiger partial charge on any atom is -0.505 e. The standard InChI is InChI=1S/C22H21N3O6/c1-25(2)22(30)14-9-6-10-15(19(14)27)24-18-17(20(28)21(18)29)23-11-16(26)31-12-13-7-4-3-5-8-13/h3-10,23-24,27H,11-12H2,1-2H3. The van der Waals surface area contributed by atoms with Crippen LogP contribution in [-0.2, 0) is 16.1 Å². The van der Waals surface area contributed by atoms with Gasteiger partial charge in [-0.1, -0.05) is 36.4 Å². The number of rotatable bonds is 8. The first-order valence-electron chi connectivity index (χ1n) is 9.37. The van der Waals surface area contributed by atoms with Crippen LogP contribution in [-0.4, -0.2) is 42.5 Å². The van der Waals surface area contributed by atoms with Crippen LogP contribution in [0.15, 0.2) is 58.1 Å². The van der Waals surface area contributed by atoms with Gasteiger partial charge < -0.3 is 25.4 Å². The summed E-state index contributed by atoms with van der Waals surface area (Å²) < 4.78 is 5.12. The third kappa shape index (κ3) is 4.72. The zero-order valence-corrected chi connectivity index (χ0v) is 17.0. The number of phenolic OH excluding ortho intramolecular Hbond substituents is 1. The smallest absolute Gasteiger partial charge is 0.325 e. The Balaban J connectivity index is 1.68. The lowest BCUT2D eigenvalue weighted by Crippen LogP contribution is -2.37. The number of nitrogens with zero attached hydrogens (tertiary/aromatic N) is 1. The molecule has 1 amide bonds. The molecule has 0 spiro atoms. The minimum atomic E-state index is -0.802. The Morgan fingerprint density at radius 2 is 1.65 bits per heavy atom. The van der Waals surface area contributed by atoms with Crippen molar-refractivity contribution >= 4 is 28.9 Å². The predicted octanol–water partition coefficient (Wildman–Crippen LogP) is 1.59. The molecule has 0 aliphatic heterocycles. The van der Waals surface area contributed by atoms with E-state index in [1.165, 1.54) is 37.2 Å². The summed E-state index contributed by atoms with van der Waals surface area (Å²) >= 11 is 0. The van der Waals surface area contributed by atoms with Gasteiger partial charge in [0.25, 0.3) is 16.8 Å². The van der Waals surface area contributed by atoms with E-state index in [1.807, 2.05) is 18.2 Å². The van der Waals surface area contributed by atoms with E-state index in [9.17, 15) is 24.3 Å². The second-order valence-corrected chi connectivity index (χ2v) is 6.93. The maximum absolute atomic E-state index is 12.2. The van der Waals surface area contributed by atoms with Crippen molar-refractivity contribution < 1.29 is 19.4 Å². The van der Waals surface area contributed by atoms with Crippen molar-refractivity contribution in [1.29, 1.82) is 0 Å². The third-order valence-corrected chi connectivity index (χ3v) is 4.49. The van der Waals surface area contributed by atoms with Crippen LogP contribution in [0.25, 0.3) is 0 Å². The zero-order valence-electron chi connectivity index (χ0n) is 17.0. The Kier molecular flexibility index (Phi) is 6.35. The first-order chi connectivity index (χ1) is 14.8. The van der Waals surface area contributed by atoms with Crippen molar-refractivity contribution in [3.63, 3.8) is 0 Å². The Morgan fingerprint density at radius 1 is 0.968 bits per heavy atom. The molecule has 3 aromatic carbocycles. The van der Waals surface area contributed by atoms with Crippen molar-refractivity contribution in [3.05, 3.63) is 80.1 Å². The number of benzene rings is 2. The van der Waals surface area contributed by atoms with E-state index in [-0.39, 0.29) is 41.5 Å². The number of hydrogen-bond acceptors (Lipinski definition) is 8. The Morgan fingerprint density at radius 3 is 2.32 bits per heavy atom. The van der Waals surface area contributed by atoms with Gasteiger partial charge in [-0.25, -0.2) is 0 Å². The molecule has 0 aromatic heterocycles. The minimum absolute atomic E-state index is 0.0349. The number of nitrogens with one attached hydrogen (secondary N) is 2. The lowest BCUT2D eigenvalue weighted by Gasteiger charge is -2.17. The molecule has 3 aromatic rings. The summed E-state index contributed by atoms with van der Waals surface area (Å²) in [6.45, 7) is -0.240. The zero-order chi connectivity index (χ0) is 22.5. The summed E-state index contributed by atoms with van der Waals surface area (Å²) in [6.07, 6.45) is 0. The molecule has 9 heteroatoms. The van der Waals surface area contributed by atoms with Crippen molar-refractivity contribution in [2.45, 2.75) is 6.61 Å². The number of amides is 1. The quantitative estimate of drug-likeness (QED) is 0.283. The number of phenols is 1. The Hall–Kier alpha value is -4.14. The summed E-state index contributed by atoms with van der Waals surface area (Å²) in [4.78, 5) is 49.3. The van der Waals surface area contributed by atoms with E-state index in [2.05, 4.69) is 10.6 Å². The van der Waals surface area contributed by atoms with Gasteiger partial charge in [-0.05, 0) is 17.7 Å². The first-order valence-corrected chi connectivity index (χ1v) is 9.37. The van der Waals surface area contributed by atoms with Gasteiger partial charge >= 0.3 is 5.97 Å². The molecule has 0 saturated heterocycles. The molecule has 0 aliphatic carbocycles. The van der Waals surface area contributed by atoms with E-state index in [0.717, 1.165) is 5.56 Å². The number of carbonyl (C=O) groups excluding carboxylic acids is 2. The normalized spacial score (nSPS) is 10.5. The molecule has 0 fully saturated rings.